The van der Waals surface area contributed by atoms with Crippen molar-refractivity contribution < 1.29 is 9.84 Å². The first-order chi connectivity index (χ1) is 7.59. The first kappa shape index (κ1) is 11.6. The summed E-state index contributed by atoms with van der Waals surface area (Å²) in [6.45, 7) is 0. The van der Waals surface area contributed by atoms with Crippen molar-refractivity contribution in [3.63, 3.8) is 0 Å². The summed E-state index contributed by atoms with van der Waals surface area (Å²) in [5, 5.41) is 10.8. The van der Waals surface area contributed by atoms with E-state index in [1.807, 2.05) is 0 Å². The molecule has 1 saturated carbocycles. The van der Waals surface area contributed by atoms with Crippen molar-refractivity contribution in [1.82, 2.24) is 4.98 Å². The van der Waals surface area contributed by atoms with Gasteiger partial charge in [-0.05, 0) is 25.3 Å². The normalized spacial score (nSPS) is 20.2. The molecular weight excluding hydrogens is 228 g/mol. The molecule has 1 fully saturated rings. The number of nitrogens with two attached hydrogens (primary N) is 1. The molecule has 0 aromatic carbocycles. The van der Waals surface area contributed by atoms with E-state index in [4.69, 9.17) is 22.1 Å². The quantitative estimate of drug-likeness (QED) is 0.850. The molecule has 3 N–H and O–H groups in total. The molecule has 1 heterocycles. The van der Waals surface area contributed by atoms with Gasteiger partial charge in [-0.1, -0.05) is 11.6 Å². The SMILES string of the molecule is COC1(C(O)c2cc(Cl)cnc2N)CCC1. The van der Waals surface area contributed by atoms with Crippen LogP contribution in [0.3, 0.4) is 0 Å². The van der Waals surface area contributed by atoms with Crippen molar-refractivity contribution in [2.24, 2.45) is 0 Å². The molecule has 1 aromatic heterocycles. The van der Waals surface area contributed by atoms with E-state index in [9.17, 15) is 5.11 Å². The molecule has 2 rings (SSSR count). The van der Waals surface area contributed by atoms with Gasteiger partial charge in [0.2, 0.25) is 0 Å². The van der Waals surface area contributed by atoms with Crippen LogP contribution in [0.25, 0.3) is 0 Å². The molecule has 1 aliphatic carbocycles. The molecule has 4 nitrogen and oxygen atoms in total. The average Bonchev–Trinajstić information content (AvgIpc) is 2.21. The third-order valence-corrected chi connectivity index (χ3v) is 3.52. The van der Waals surface area contributed by atoms with Gasteiger partial charge in [0.05, 0.1) is 10.6 Å². The number of nitrogen functional groups attached to an aromatic ring is 1. The van der Waals surface area contributed by atoms with Crippen molar-refractivity contribution in [1.29, 1.82) is 0 Å². The highest BCUT2D eigenvalue weighted by Crippen LogP contribution is 2.45. The highest BCUT2D eigenvalue weighted by molar-refractivity contribution is 6.30. The molecule has 0 spiro atoms. The van der Waals surface area contributed by atoms with Crippen LogP contribution in [0.5, 0.6) is 0 Å². The Balaban J connectivity index is 2.32. The van der Waals surface area contributed by atoms with E-state index in [0.717, 1.165) is 19.3 Å². The molecule has 0 radical (unpaired) electrons. The van der Waals surface area contributed by atoms with Crippen molar-refractivity contribution in [2.45, 2.75) is 31.0 Å². The van der Waals surface area contributed by atoms with E-state index < -0.39 is 11.7 Å². The Hall–Kier alpha value is -0.840. The van der Waals surface area contributed by atoms with Gasteiger partial charge in [-0.15, -0.1) is 0 Å². The number of hydrogen-bond donors (Lipinski definition) is 2. The number of aromatic nitrogens is 1. The number of anilines is 1. The Kier molecular flexibility index (Phi) is 3.06. The number of methoxy groups -OCH3 is 1. The maximum atomic E-state index is 10.3. The first-order valence-electron chi connectivity index (χ1n) is 5.23. The summed E-state index contributed by atoms with van der Waals surface area (Å²) in [4.78, 5) is 3.94. The van der Waals surface area contributed by atoms with Crippen LogP contribution < -0.4 is 5.73 Å². The van der Waals surface area contributed by atoms with Gasteiger partial charge >= 0.3 is 0 Å². The second-order valence-corrected chi connectivity index (χ2v) is 4.59. The Morgan fingerprint density at radius 2 is 2.31 bits per heavy atom. The minimum atomic E-state index is -0.766. The largest absolute Gasteiger partial charge is 0.385 e. The summed E-state index contributed by atoms with van der Waals surface area (Å²) in [5.41, 5.74) is 5.77. The first-order valence-corrected chi connectivity index (χ1v) is 5.61. The van der Waals surface area contributed by atoms with Gasteiger partial charge in [0.15, 0.2) is 0 Å². The lowest BCUT2D eigenvalue weighted by Gasteiger charge is -2.44. The molecule has 0 amide bonds. The van der Waals surface area contributed by atoms with Gasteiger partial charge in [-0.2, -0.15) is 0 Å². The number of rotatable bonds is 3. The standard InChI is InChI=1S/C11H15ClN2O2/c1-16-11(3-2-4-11)9(15)8-5-7(12)6-14-10(8)13/h5-6,9,15H,2-4H2,1H3,(H2,13,14). The van der Waals surface area contributed by atoms with E-state index in [-0.39, 0.29) is 0 Å². The fourth-order valence-corrected chi connectivity index (χ4v) is 2.25. The minimum Gasteiger partial charge on any atom is -0.385 e. The van der Waals surface area contributed by atoms with Crippen LogP contribution in [-0.2, 0) is 4.74 Å². The summed E-state index contributed by atoms with van der Waals surface area (Å²) in [6, 6.07) is 1.65. The predicted molar refractivity (Wildman–Crippen MR) is 62.2 cm³/mol. The molecular formula is C11H15ClN2O2. The molecule has 1 aromatic rings. The number of ether oxygens (including phenoxy) is 1. The van der Waals surface area contributed by atoms with Crippen LogP contribution in [0.2, 0.25) is 5.02 Å². The molecule has 1 atom stereocenters. The summed E-state index contributed by atoms with van der Waals surface area (Å²) >= 11 is 5.85. The molecule has 1 aliphatic rings. The summed E-state index contributed by atoms with van der Waals surface area (Å²) in [5.74, 6) is 0.306. The van der Waals surface area contributed by atoms with E-state index >= 15 is 0 Å². The highest BCUT2D eigenvalue weighted by Gasteiger charge is 2.45. The number of pyridine rings is 1. The Bertz CT molecular complexity index is 388. The number of nitrogens with zero attached hydrogens (tertiary/aromatic N) is 1. The molecule has 5 heteroatoms. The number of hydrogen-bond acceptors (Lipinski definition) is 4. The maximum absolute atomic E-state index is 10.3. The fourth-order valence-electron chi connectivity index (χ4n) is 2.08. The zero-order valence-corrected chi connectivity index (χ0v) is 9.87. The predicted octanol–water partition coefficient (Wildman–Crippen LogP) is 1.92. The van der Waals surface area contributed by atoms with E-state index in [2.05, 4.69) is 4.98 Å². The van der Waals surface area contributed by atoms with Gasteiger partial charge in [-0.25, -0.2) is 4.98 Å². The van der Waals surface area contributed by atoms with Crippen LogP contribution in [0.15, 0.2) is 12.3 Å². The van der Waals surface area contributed by atoms with Crippen molar-refractivity contribution in [2.75, 3.05) is 12.8 Å². The van der Waals surface area contributed by atoms with Crippen LogP contribution in [-0.4, -0.2) is 22.8 Å². The number of halogens is 1. The Morgan fingerprint density at radius 1 is 1.62 bits per heavy atom. The topological polar surface area (TPSA) is 68.4 Å². The number of aliphatic hydroxyl groups excluding tert-OH is 1. The molecule has 16 heavy (non-hydrogen) atoms. The minimum absolute atomic E-state index is 0.306. The summed E-state index contributed by atoms with van der Waals surface area (Å²) in [7, 11) is 1.61. The van der Waals surface area contributed by atoms with Crippen LogP contribution in [0.4, 0.5) is 5.82 Å². The maximum Gasteiger partial charge on any atom is 0.129 e. The number of aliphatic hydroxyl groups is 1. The molecule has 0 saturated heterocycles. The smallest absolute Gasteiger partial charge is 0.129 e. The van der Waals surface area contributed by atoms with Crippen molar-refractivity contribution in [3.05, 3.63) is 22.8 Å². The zero-order valence-electron chi connectivity index (χ0n) is 9.11. The lowest BCUT2D eigenvalue weighted by molar-refractivity contribution is -0.151. The molecule has 1 unspecified atom stereocenters. The van der Waals surface area contributed by atoms with E-state index in [1.54, 1.807) is 13.2 Å². The molecule has 0 bridgehead atoms. The third kappa shape index (κ3) is 1.77. The molecule has 0 aliphatic heterocycles. The van der Waals surface area contributed by atoms with Gasteiger partial charge in [0.1, 0.15) is 11.9 Å². The third-order valence-electron chi connectivity index (χ3n) is 3.32. The average molecular weight is 243 g/mol. The van der Waals surface area contributed by atoms with Crippen LogP contribution in [0.1, 0.15) is 30.9 Å². The zero-order chi connectivity index (χ0) is 11.8. The van der Waals surface area contributed by atoms with Gasteiger partial charge < -0.3 is 15.6 Å². The van der Waals surface area contributed by atoms with E-state index in [0.29, 0.717) is 16.4 Å². The van der Waals surface area contributed by atoms with Crippen LogP contribution in [0, 0.1) is 0 Å². The Morgan fingerprint density at radius 3 is 2.81 bits per heavy atom. The monoisotopic (exact) mass is 242 g/mol. The second-order valence-electron chi connectivity index (χ2n) is 4.15. The van der Waals surface area contributed by atoms with Gasteiger partial charge in [-0.3, -0.25) is 0 Å². The lowest BCUT2D eigenvalue weighted by Crippen LogP contribution is -2.45. The highest BCUT2D eigenvalue weighted by atomic mass is 35.5. The Labute approximate surface area is 99.4 Å². The van der Waals surface area contributed by atoms with Gasteiger partial charge in [0.25, 0.3) is 0 Å². The van der Waals surface area contributed by atoms with Crippen molar-refractivity contribution in [3.8, 4) is 0 Å². The molecule has 88 valence electrons. The second kappa shape index (κ2) is 4.20. The van der Waals surface area contributed by atoms with E-state index in [1.165, 1.54) is 6.20 Å². The lowest BCUT2D eigenvalue weighted by atomic mass is 9.74. The van der Waals surface area contributed by atoms with Crippen LogP contribution >= 0.6 is 11.6 Å². The van der Waals surface area contributed by atoms with Gasteiger partial charge in [0, 0.05) is 18.9 Å². The summed E-state index contributed by atoms with van der Waals surface area (Å²) in [6.07, 6.45) is 3.41. The fraction of sp³-hybridized carbons (Fsp3) is 0.545. The van der Waals surface area contributed by atoms with Crippen molar-refractivity contribution >= 4 is 17.4 Å². The summed E-state index contributed by atoms with van der Waals surface area (Å²) < 4.78 is 5.41.